The van der Waals surface area contributed by atoms with Gasteiger partial charge in [0.15, 0.2) is 0 Å². The van der Waals surface area contributed by atoms with E-state index >= 15 is 0 Å². The molecule has 0 unspecified atom stereocenters. The number of H-pyrrole nitrogens is 1. The van der Waals surface area contributed by atoms with Crippen molar-refractivity contribution in [1.29, 1.82) is 0 Å². The molecule has 2 rings (SSSR count). The number of pyridine rings is 1. The van der Waals surface area contributed by atoms with Crippen molar-refractivity contribution in [2.45, 2.75) is 6.42 Å². The minimum Gasteiger partial charge on any atom is -0.352 e. The van der Waals surface area contributed by atoms with Gasteiger partial charge in [0.05, 0.1) is 11.9 Å². The highest BCUT2D eigenvalue weighted by Crippen LogP contribution is 2.17. The van der Waals surface area contributed by atoms with Gasteiger partial charge < -0.3 is 10.3 Å². The van der Waals surface area contributed by atoms with Crippen LogP contribution in [-0.2, 0) is 6.42 Å². The van der Waals surface area contributed by atoms with E-state index in [-0.39, 0.29) is 11.1 Å². The maximum absolute atomic E-state index is 11.9. The van der Waals surface area contributed by atoms with Gasteiger partial charge in [0.25, 0.3) is 5.91 Å². The molecule has 5 nitrogen and oxygen atoms in total. The molecule has 1 amide bonds. The molecule has 94 valence electrons. The van der Waals surface area contributed by atoms with E-state index in [0.717, 1.165) is 5.69 Å². The summed E-state index contributed by atoms with van der Waals surface area (Å²) in [6, 6.07) is 1.64. The lowest BCUT2D eigenvalue weighted by molar-refractivity contribution is 0.0954. The van der Waals surface area contributed by atoms with Crippen molar-refractivity contribution < 1.29 is 4.79 Å². The molecule has 0 saturated heterocycles. The van der Waals surface area contributed by atoms with Crippen LogP contribution < -0.4 is 5.32 Å². The first kappa shape index (κ1) is 13.0. The molecule has 2 aromatic rings. The minimum absolute atomic E-state index is 0.192. The third-order valence-corrected chi connectivity index (χ3v) is 3.02. The average molecular weight is 330 g/mol. The summed E-state index contributed by atoms with van der Waals surface area (Å²) in [6.07, 6.45) is 5.56. The SMILES string of the molecule is O=C(NCCc1cnc[nH]1)c1cc(Br)cnc1Cl. The number of carbonyl (C=O) groups is 1. The van der Waals surface area contributed by atoms with Crippen molar-refractivity contribution in [3.8, 4) is 0 Å². The smallest absolute Gasteiger partial charge is 0.254 e. The Kier molecular flexibility index (Phi) is 4.33. The van der Waals surface area contributed by atoms with Crippen molar-refractivity contribution in [2.75, 3.05) is 6.54 Å². The summed E-state index contributed by atoms with van der Waals surface area (Å²) in [6.45, 7) is 0.504. The molecular weight excluding hydrogens is 320 g/mol. The Morgan fingerprint density at radius 3 is 3.06 bits per heavy atom. The second-order valence-corrected chi connectivity index (χ2v) is 4.85. The zero-order chi connectivity index (χ0) is 13.0. The number of nitrogens with zero attached hydrogens (tertiary/aromatic N) is 2. The summed E-state index contributed by atoms with van der Waals surface area (Å²) < 4.78 is 0.714. The molecular formula is C11H10BrClN4O. The van der Waals surface area contributed by atoms with E-state index in [2.05, 4.69) is 36.2 Å². The Balaban J connectivity index is 1.93. The van der Waals surface area contributed by atoms with Crippen LogP contribution in [0.3, 0.4) is 0 Å². The number of aromatic nitrogens is 3. The molecule has 0 aliphatic rings. The van der Waals surface area contributed by atoms with E-state index < -0.39 is 0 Å². The van der Waals surface area contributed by atoms with Gasteiger partial charge in [-0.05, 0) is 22.0 Å². The van der Waals surface area contributed by atoms with Crippen LogP contribution >= 0.6 is 27.5 Å². The van der Waals surface area contributed by atoms with Crippen molar-refractivity contribution in [2.24, 2.45) is 0 Å². The number of imidazole rings is 1. The van der Waals surface area contributed by atoms with Gasteiger partial charge in [0.1, 0.15) is 5.15 Å². The molecule has 0 aliphatic carbocycles. The highest BCUT2D eigenvalue weighted by molar-refractivity contribution is 9.10. The molecule has 0 aromatic carbocycles. The zero-order valence-corrected chi connectivity index (χ0v) is 11.6. The van der Waals surface area contributed by atoms with Gasteiger partial charge in [0, 0.05) is 35.5 Å². The molecule has 0 bridgehead atoms. The minimum atomic E-state index is -0.242. The van der Waals surface area contributed by atoms with Gasteiger partial charge in [-0.2, -0.15) is 0 Å². The lowest BCUT2D eigenvalue weighted by Crippen LogP contribution is -2.26. The first-order chi connectivity index (χ1) is 8.66. The highest BCUT2D eigenvalue weighted by Gasteiger charge is 2.11. The monoisotopic (exact) mass is 328 g/mol. The molecule has 0 saturated carbocycles. The van der Waals surface area contributed by atoms with Crippen LogP contribution in [0.4, 0.5) is 0 Å². The summed E-state index contributed by atoms with van der Waals surface area (Å²) in [7, 11) is 0. The maximum atomic E-state index is 11.9. The number of rotatable bonds is 4. The topological polar surface area (TPSA) is 70.7 Å². The molecule has 2 aromatic heterocycles. The van der Waals surface area contributed by atoms with Crippen LogP contribution in [0.2, 0.25) is 5.15 Å². The van der Waals surface area contributed by atoms with Crippen LogP contribution in [0.5, 0.6) is 0 Å². The third-order valence-electron chi connectivity index (χ3n) is 2.29. The van der Waals surface area contributed by atoms with Gasteiger partial charge in [-0.3, -0.25) is 4.79 Å². The second-order valence-electron chi connectivity index (χ2n) is 3.57. The van der Waals surface area contributed by atoms with Crippen LogP contribution in [-0.4, -0.2) is 27.4 Å². The van der Waals surface area contributed by atoms with E-state index in [4.69, 9.17) is 11.6 Å². The van der Waals surface area contributed by atoms with E-state index in [1.165, 1.54) is 0 Å². The normalized spacial score (nSPS) is 10.3. The molecule has 18 heavy (non-hydrogen) atoms. The molecule has 2 N–H and O–H groups in total. The van der Waals surface area contributed by atoms with E-state index in [9.17, 15) is 4.79 Å². The first-order valence-corrected chi connectivity index (χ1v) is 6.40. The predicted octanol–water partition coefficient (Wildman–Crippen LogP) is 2.19. The summed E-state index contributed by atoms with van der Waals surface area (Å²) in [5.74, 6) is -0.242. The number of hydrogen-bond acceptors (Lipinski definition) is 3. The van der Waals surface area contributed by atoms with Crippen molar-refractivity contribution in [1.82, 2.24) is 20.3 Å². The Morgan fingerprint density at radius 1 is 1.50 bits per heavy atom. The van der Waals surface area contributed by atoms with Crippen molar-refractivity contribution in [3.05, 3.63) is 45.7 Å². The van der Waals surface area contributed by atoms with Gasteiger partial charge >= 0.3 is 0 Å². The van der Waals surface area contributed by atoms with E-state index in [0.29, 0.717) is 23.0 Å². The summed E-state index contributed by atoms with van der Waals surface area (Å²) in [5, 5.41) is 2.97. The molecule has 2 heterocycles. The lowest BCUT2D eigenvalue weighted by atomic mass is 10.2. The Labute approximate surface area is 117 Å². The van der Waals surface area contributed by atoms with E-state index in [1.807, 2.05) is 0 Å². The summed E-state index contributed by atoms with van der Waals surface area (Å²) in [5.41, 5.74) is 1.32. The van der Waals surface area contributed by atoms with Crippen LogP contribution in [0.15, 0.2) is 29.3 Å². The molecule has 0 atom stereocenters. The third kappa shape index (κ3) is 3.30. The maximum Gasteiger partial charge on any atom is 0.254 e. The van der Waals surface area contributed by atoms with Gasteiger partial charge in [-0.15, -0.1) is 0 Å². The Hall–Kier alpha value is -1.40. The number of carbonyl (C=O) groups excluding carboxylic acids is 1. The van der Waals surface area contributed by atoms with Crippen LogP contribution in [0, 0.1) is 0 Å². The number of nitrogens with one attached hydrogen (secondary N) is 2. The Bertz CT molecular complexity index is 544. The second kappa shape index (κ2) is 5.97. The fourth-order valence-corrected chi connectivity index (χ4v) is 1.93. The van der Waals surface area contributed by atoms with Gasteiger partial charge in [0.2, 0.25) is 0 Å². The highest BCUT2D eigenvalue weighted by atomic mass is 79.9. The van der Waals surface area contributed by atoms with Crippen molar-refractivity contribution in [3.63, 3.8) is 0 Å². The number of aromatic amines is 1. The standard InChI is InChI=1S/C11H10BrClN4O/c12-7-3-9(10(13)16-4-7)11(18)15-2-1-8-5-14-6-17-8/h3-6H,1-2H2,(H,14,17)(H,15,18). The van der Waals surface area contributed by atoms with Crippen molar-refractivity contribution >= 4 is 33.4 Å². The number of amides is 1. The fourth-order valence-electron chi connectivity index (χ4n) is 1.41. The van der Waals surface area contributed by atoms with Crippen LogP contribution in [0.25, 0.3) is 0 Å². The molecule has 0 fully saturated rings. The zero-order valence-electron chi connectivity index (χ0n) is 9.28. The number of hydrogen-bond donors (Lipinski definition) is 2. The summed E-state index contributed by atoms with van der Waals surface area (Å²) >= 11 is 9.11. The first-order valence-electron chi connectivity index (χ1n) is 5.23. The fraction of sp³-hybridized carbons (Fsp3) is 0.182. The quantitative estimate of drug-likeness (QED) is 0.845. The van der Waals surface area contributed by atoms with Gasteiger partial charge in [-0.1, -0.05) is 11.6 Å². The molecule has 0 spiro atoms. The number of halogens is 2. The van der Waals surface area contributed by atoms with E-state index in [1.54, 1.807) is 24.8 Å². The summed E-state index contributed by atoms with van der Waals surface area (Å²) in [4.78, 5) is 22.6. The average Bonchev–Trinajstić information content (AvgIpc) is 2.85. The molecule has 7 heteroatoms. The largest absolute Gasteiger partial charge is 0.352 e. The Morgan fingerprint density at radius 2 is 2.33 bits per heavy atom. The lowest BCUT2D eigenvalue weighted by Gasteiger charge is -2.05. The molecule has 0 radical (unpaired) electrons. The predicted molar refractivity (Wildman–Crippen MR) is 71.6 cm³/mol. The van der Waals surface area contributed by atoms with Crippen LogP contribution in [0.1, 0.15) is 16.1 Å². The molecule has 0 aliphatic heterocycles. The van der Waals surface area contributed by atoms with Gasteiger partial charge in [-0.25, -0.2) is 9.97 Å².